The number of carbonyl (C=O) groups is 3. The number of aliphatic hydroxyl groups is 14. The summed E-state index contributed by atoms with van der Waals surface area (Å²) in [7, 11) is 1.20. The maximum atomic E-state index is 12.5. The molecule has 25 atom stereocenters. The highest BCUT2D eigenvalue weighted by molar-refractivity contribution is 5.73. The molecule has 5 aliphatic heterocycles. The van der Waals surface area contributed by atoms with Gasteiger partial charge in [-0.25, -0.2) is 0 Å². The monoisotopic (exact) mass is 1020 g/mol. The fourth-order valence-electron chi connectivity index (χ4n) is 8.51. The number of methoxy groups -OCH3 is 1. The molecule has 0 aromatic heterocycles. The Hall–Kier alpha value is -2.55. The minimum atomic E-state index is -2.01. The number of rotatable bonds is 21. The summed E-state index contributed by atoms with van der Waals surface area (Å²) in [6.07, 6.45) is -39.9. The van der Waals surface area contributed by atoms with Crippen molar-refractivity contribution in [2.24, 2.45) is 0 Å². The maximum Gasteiger partial charge on any atom is 0.305 e. The van der Waals surface area contributed by atoms with Crippen molar-refractivity contribution in [3.05, 3.63) is 0 Å². The number of aliphatic hydroxyl groups excluding tert-OH is 14. The predicted molar refractivity (Wildman–Crippen MR) is 219 cm³/mol. The Morgan fingerprint density at radius 1 is 0.443 bits per heavy atom. The van der Waals surface area contributed by atoms with E-state index < -0.39 is 204 Å². The molecule has 30 nitrogen and oxygen atoms in total. The fourth-order valence-corrected chi connectivity index (χ4v) is 8.51. The first-order valence-corrected chi connectivity index (χ1v) is 22.5. The Bertz CT molecular complexity index is 1640. The minimum Gasteiger partial charge on any atom is -0.469 e. The summed E-state index contributed by atoms with van der Waals surface area (Å²) in [6, 6.07) is -3.19. The quantitative estimate of drug-likeness (QED) is 0.0375. The third-order valence-corrected chi connectivity index (χ3v) is 12.4. The van der Waals surface area contributed by atoms with E-state index in [1.807, 2.05) is 0 Å². The van der Waals surface area contributed by atoms with Crippen LogP contribution < -0.4 is 10.6 Å². The molecule has 0 aliphatic carbocycles. The Labute approximate surface area is 399 Å². The standard InChI is InChI=1S/C40H68N2O28/c1-13(47)41-21-26(53)33(68-38-31(58)28(55)23(50)15(8-43)63-38)17(10-45)65-36(21)62-12-19-25(52)30(57)35(40(67-19)61-7-5-4-6-20(49)60-3)70-37-22(42-14(2)48)27(54)34(18(11-46)66-37)69-39-32(59)29(56)24(51)16(9-44)64-39/h15-19,21-40,43-46,50-59H,4-12H2,1-3H3,(H,41,47)(H,42,48)/t15-,16-,17-,18-,19-,21-,22-,23+,24+,25+,26-,27-,28+,29+,30+,31-,32-,33-,34-,35-,36-,37+,38+,39+,40-/m1/s1. The van der Waals surface area contributed by atoms with Crippen LogP contribution in [0.15, 0.2) is 0 Å². The molecule has 5 rings (SSSR count). The van der Waals surface area contributed by atoms with Gasteiger partial charge >= 0.3 is 5.97 Å². The van der Waals surface area contributed by atoms with Gasteiger partial charge in [0, 0.05) is 26.9 Å². The molecule has 0 aromatic rings. The van der Waals surface area contributed by atoms with Crippen molar-refractivity contribution in [2.45, 2.75) is 187 Å². The van der Waals surface area contributed by atoms with Crippen molar-refractivity contribution in [3.8, 4) is 0 Å². The fraction of sp³-hybridized carbons (Fsp3) is 0.925. The van der Waals surface area contributed by atoms with Crippen LogP contribution in [0.2, 0.25) is 0 Å². The Morgan fingerprint density at radius 3 is 1.31 bits per heavy atom. The summed E-state index contributed by atoms with van der Waals surface area (Å²) in [5.74, 6) is -2.02. The molecule has 0 aromatic carbocycles. The summed E-state index contributed by atoms with van der Waals surface area (Å²) >= 11 is 0. The van der Waals surface area contributed by atoms with E-state index in [2.05, 4.69) is 15.4 Å². The molecule has 5 heterocycles. The number of hydrogen-bond donors (Lipinski definition) is 16. The third kappa shape index (κ3) is 13.8. The number of amides is 2. The summed E-state index contributed by atoms with van der Waals surface area (Å²) in [5.41, 5.74) is 0. The zero-order valence-electron chi connectivity index (χ0n) is 38.3. The highest BCUT2D eigenvalue weighted by Crippen LogP contribution is 2.35. The second-order valence-electron chi connectivity index (χ2n) is 17.3. The van der Waals surface area contributed by atoms with Gasteiger partial charge in [0.2, 0.25) is 11.8 Å². The average Bonchev–Trinajstić information content (AvgIpc) is 3.33. The second kappa shape index (κ2) is 26.6. The van der Waals surface area contributed by atoms with E-state index in [9.17, 15) is 85.9 Å². The van der Waals surface area contributed by atoms with Crippen LogP contribution in [0, 0.1) is 0 Å². The van der Waals surface area contributed by atoms with Crippen molar-refractivity contribution < 1.29 is 138 Å². The van der Waals surface area contributed by atoms with E-state index in [0.717, 1.165) is 13.8 Å². The first kappa shape index (κ1) is 58.3. The molecular weight excluding hydrogens is 956 g/mol. The van der Waals surface area contributed by atoms with Crippen molar-refractivity contribution >= 4 is 17.8 Å². The Kier molecular flexibility index (Phi) is 22.2. The van der Waals surface area contributed by atoms with E-state index in [-0.39, 0.29) is 25.9 Å². The Balaban J connectivity index is 1.34. The van der Waals surface area contributed by atoms with Gasteiger partial charge in [-0.05, 0) is 12.8 Å². The molecule has 5 saturated heterocycles. The van der Waals surface area contributed by atoms with Gasteiger partial charge in [-0.3, -0.25) is 14.4 Å². The van der Waals surface area contributed by atoms with E-state index in [4.69, 9.17) is 47.4 Å². The molecule has 0 bridgehead atoms. The van der Waals surface area contributed by atoms with Crippen LogP contribution in [-0.4, -0.2) is 289 Å². The van der Waals surface area contributed by atoms with Crippen molar-refractivity contribution in [2.75, 3.05) is 46.8 Å². The van der Waals surface area contributed by atoms with E-state index in [1.54, 1.807) is 0 Å². The topological polar surface area (TPSA) is 460 Å². The number of ether oxygens (including phenoxy) is 11. The van der Waals surface area contributed by atoms with Gasteiger partial charge in [-0.1, -0.05) is 0 Å². The lowest BCUT2D eigenvalue weighted by atomic mass is 9.94. The highest BCUT2D eigenvalue weighted by Gasteiger charge is 2.56. The van der Waals surface area contributed by atoms with Gasteiger partial charge in [0.05, 0.1) is 40.1 Å². The summed E-state index contributed by atoms with van der Waals surface area (Å²) in [4.78, 5) is 36.6. The first-order chi connectivity index (χ1) is 33.2. The lowest BCUT2D eigenvalue weighted by molar-refractivity contribution is -0.375. The second-order valence-corrected chi connectivity index (χ2v) is 17.3. The number of hydrogen-bond acceptors (Lipinski definition) is 28. The van der Waals surface area contributed by atoms with Gasteiger partial charge < -0.3 is 134 Å². The van der Waals surface area contributed by atoms with Crippen LogP contribution >= 0.6 is 0 Å². The number of esters is 1. The summed E-state index contributed by atoms with van der Waals surface area (Å²) < 4.78 is 62.6. The third-order valence-electron chi connectivity index (χ3n) is 12.4. The largest absolute Gasteiger partial charge is 0.469 e. The molecule has 16 N–H and O–H groups in total. The molecule has 406 valence electrons. The molecule has 0 saturated carbocycles. The van der Waals surface area contributed by atoms with Crippen molar-refractivity contribution in [1.82, 2.24) is 10.6 Å². The maximum absolute atomic E-state index is 12.5. The van der Waals surface area contributed by atoms with Crippen LogP contribution in [0.3, 0.4) is 0 Å². The molecule has 70 heavy (non-hydrogen) atoms. The SMILES string of the molecule is COC(=O)CCCCO[C@@H]1O[C@H](CO[C@@H]2O[C@H](CO)[C@@H](O[C@@H]3O[C@H](CO)[C@H](O)[C@H](O)[C@H]3O)[C@H](O)[C@H]2NC(C)=O)[C@H](O)[C@H](O)[C@H]1O[C@@H]1O[C@H](CO)[C@@H](O[C@@H]2O[C@H](CO)[C@H](O)[C@H](O)[C@H]2O)[C@H](O)[C@H]1NC(C)=O. The van der Waals surface area contributed by atoms with Gasteiger partial charge in [0.25, 0.3) is 0 Å². The van der Waals surface area contributed by atoms with Crippen LogP contribution in [0.25, 0.3) is 0 Å². The van der Waals surface area contributed by atoms with Gasteiger partial charge in [0.1, 0.15) is 122 Å². The molecule has 5 aliphatic rings. The smallest absolute Gasteiger partial charge is 0.305 e. The molecule has 0 unspecified atom stereocenters. The summed E-state index contributed by atoms with van der Waals surface area (Å²) in [5, 5.41) is 153. The van der Waals surface area contributed by atoms with E-state index in [1.165, 1.54) is 7.11 Å². The number of unbranched alkanes of at least 4 members (excludes halogenated alkanes) is 1. The van der Waals surface area contributed by atoms with Crippen LogP contribution in [0.5, 0.6) is 0 Å². The number of nitrogens with one attached hydrogen (secondary N) is 2. The van der Waals surface area contributed by atoms with E-state index >= 15 is 0 Å². The Morgan fingerprint density at radius 2 is 0.857 bits per heavy atom. The zero-order chi connectivity index (χ0) is 51.7. The molecular formula is C40H68N2O28. The highest BCUT2D eigenvalue weighted by atomic mass is 16.8. The van der Waals surface area contributed by atoms with Gasteiger partial charge in [0.15, 0.2) is 31.5 Å². The van der Waals surface area contributed by atoms with Gasteiger partial charge in [-0.2, -0.15) is 0 Å². The van der Waals surface area contributed by atoms with Gasteiger partial charge in [-0.15, -0.1) is 0 Å². The normalized spacial score (nSPS) is 44.6. The first-order valence-electron chi connectivity index (χ1n) is 22.5. The predicted octanol–water partition coefficient (Wildman–Crippen LogP) is -10.3. The average molecular weight is 1020 g/mol. The lowest BCUT2D eigenvalue weighted by Gasteiger charge is -2.49. The van der Waals surface area contributed by atoms with Crippen LogP contribution in [0.4, 0.5) is 0 Å². The molecule has 5 fully saturated rings. The minimum absolute atomic E-state index is 0.00379. The molecule has 0 spiro atoms. The molecule has 0 radical (unpaired) electrons. The lowest BCUT2D eigenvalue weighted by Crippen LogP contribution is -2.69. The van der Waals surface area contributed by atoms with Crippen LogP contribution in [0.1, 0.15) is 33.1 Å². The number of carbonyl (C=O) groups excluding carboxylic acids is 3. The summed E-state index contributed by atoms with van der Waals surface area (Å²) in [6.45, 7) is -2.25. The van der Waals surface area contributed by atoms with Crippen molar-refractivity contribution in [1.29, 1.82) is 0 Å². The molecule has 30 heteroatoms. The van der Waals surface area contributed by atoms with E-state index in [0.29, 0.717) is 0 Å². The molecule has 2 amide bonds. The zero-order valence-corrected chi connectivity index (χ0v) is 38.3. The van der Waals surface area contributed by atoms with Crippen molar-refractivity contribution in [3.63, 3.8) is 0 Å². The van der Waals surface area contributed by atoms with Crippen LogP contribution in [-0.2, 0) is 66.5 Å².